The Morgan fingerprint density at radius 2 is 2.05 bits per heavy atom. The Morgan fingerprint density at radius 3 is 2.65 bits per heavy atom. The third kappa shape index (κ3) is 3.84. The minimum Gasteiger partial charge on any atom is -0.334 e. The Bertz CT molecular complexity index is 475. The number of rotatable bonds is 3. The van der Waals surface area contributed by atoms with Gasteiger partial charge in [-0.15, -0.1) is 0 Å². The van der Waals surface area contributed by atoms with E-state index >= 15 is 0 Å². The molecule has 1 saturated heterocycles. The first-order valence-electron chi connectivity index (χ1n) is 6.79. The van der Waals surface area contributed by atoms with Crippen LogP contribution in [0.5, 0.6) is 0 Å². The van der Waals surface area contributed by atoms with Gasteiger partial charge in [0.25, 0.3) is 0 Å². The summed E-state index contributed by atoms with van der Waals surface area (Å²) >= 11 is 5.71. The van der Waals surface area contributed by atoms with Gasteiger partial charge in [0, 0.05) is 32.7 Å². The van der Waals surface area contributed by atoms with Crippen LogP contribution in [0.4, 0.5) is 9.18 Å². The average molecular weight is 300 g/mol. The summed E-state index contributed by atoms with van der Waals surface area (Å²) in [6.45, 7) is 6.79. The smallest absolute Gasteiger partial charge is 0.317 e. The molecule has 0 aromatic heterocycles. The number of benzene rings is 1. The van der Waals surface area contributed by atoms with Crippen LogP contribution in [0, 0.1) is 5.82 Å². The summed E-state index contributed by atoms with van der Waals surface area (Å²) in [5.41, 5.74) is 0.789. The van der Waals surface area contributed by atoms with Crippen LogP contribution in [0.2, 0.25) is 5.02 Å². The summed E-state index contributed by atoms with van der Waals surface area (Å²) in [4.78, 5) is 16.1. The number of halogens is 2. The molecule has 0 aliphatic carbocycles. The highest BCUT2D eigenvalue weighted by Crippen LogP contribution is 2.15. The molecule has 0 atom stereocenters. The Balaban J connectivity index is 1.81. The van der Waals surface area contributed by atoms with Crippen molar-refractivity contribution in [1.29, 1.82) is 0 Å². The Kier molecular flexibility index (Phi) is 5.20. The van der Waals surface area contributed by atoms with Gasteiger partial charge in [-0.25, -0.2) is 9.18 Å². The number of nitrogens with zero attached hydrogens (tertiary/aromatic N) is 2. The summed E-state index contributed by atoms with van der Waals surface area (Å²) in [5, 5.41) is 2.91. The third-order valence-corrected chi connectivity index (χ3v) is 3.82. The number of amides is 2. The quantitative estimate of drug-likeness (QED) is 0.930. The van der Waals surface area contributed by atoms with Gasteiger partial charge in [-0.2, -0.15) is 0 Å². The summed E-state index contributed by atoms with van der Waals surface area (Å²) in [7, 11) is 0. The van der Waals surface area contributed by atoms with Crippen molar-refractivity contribution in [2.24, 2.45) is 0 Å². The molecule has 6 heteroatoms. The predicted octanol–water partition coefficient (Wildman–Crippen LogP) is 2.33. The minimum absolute atomic E-state index is 0.0771. The molecule has 110 valence electrons. The topological polar surface area (TPSA) is 35.6 Å². The molecular formula is C14H19ClFN3O. The first kappa shape index (κ1) is 15.1. The molecular weight excluding hydrogens is 281 g/mol. The molecule has 2 amide bonds. The highest BCUT2D eigenvalue weighted by molar-refractivity contribution is 6.30. The van der Waals surface area contributed by atoms with Gasteiger partial charge in [0.1, 0.15) is 5.82 Å². The van der Waals surface area contributed by atoms with E-state index in [1.54, 1.807) is 11.0 Å². The summed E-state index contributed by atoms with van der Waals surface area (Å²) in [6.07, 6.45) is 0. The maximum Gasteiger partial charge on any atom is 0.317 e. The van der Waals surface area contributed by atoms with Crippen molar-refractivity contribution in [2.45, 2.75) is 13.5 Å². The fourth-order valence-electron chi connectivity index (χ4n) is 2.21. The predicted molar refractivity (Wildman–Crippen MR) is 77.3 cm³/mol. The van der Waals surface area contributed by atoms with E-state index in [1.807, 2.05) is 0 Å². The summed E-state index contributed by atoms with van der Waals surface area (Å²) in [5.74, 6) is -0.447. The van der Waals surface area contributed by atoms with Crippen molar-refractivity contribution in [1.82, 2.24) is 15.1 Å². The van der Waals surface area contributed by atoms with E-state index in [1.165, 1.54) is 12.1 Å². The number of hydrogen-bond donors (Lipinski definition) is 1. The zero-order valence-electron chi connectivity index (χ0n) is 11.5. The summed E-state index contributed by atoms with van der Waals surface area (Å²) in [6, 6.07) is 4.38. The Hall–Kier alpha value is -1.33. The molecule has 1 aromatic carbocycles. The minimum atomic E-state index is -0.447. The number of piperazine rings is 1. The monoisotopic (exact) mass is 299 g/mol. The van der Waals surface area contributed by atoms with Crippen molar-refractivity contribution >= 4 is 17.6 Å². The molecule has 0 spiro atoms. The van der Waals surface area contributed by atoms with Crippen molar-refractivity contribution in [3.05, 3.63) is 34.6 Å². The van der Waals surface area contributed by atoms with Crippen LogP contribution < -0.4 is 5.32 Å². The van der Waals surface area contributed by atoms with Crippen molar-refractivity contribution < 1.29 is 9.18 Å². The zero-order valence-corrected chi connectivity index (χ0v) is 12.3. The zero-order chi connectivity index (χ0) is 14.5. The molecule has 2 rings (SSSR count). The van der Waals surface area contributed by atoms with Gasteiger partial charge in [-0.1, -0.05) is 24.6 Å². The van der Waals surface area contributed by atoms with E-state index < -0.39 is 5.82 Å². The maximum atomic E-state index is 13.0. The van der Waals surface area contributed by atoms with Gasteiger partial charge in [0.05, 0.1) is 5.02 Å². The van der Waals surface area contributed by atoms with Gasteiger partial charge < -0.3 is 15.1 Å². The number of carbonyl (C=O) groups is 1. The Labute approximate surface area is 123 Å². The van der Waals surface area contributed by atoms with E-state index in [9.17, 15) is 9.18 Å². The molecule has 1 N–H and O–H groups in total. The fraction of sp³-hybridized carbons (Fsp3) is 0.500. The van der Waals surface area contributed by atoms with E-state index in [4.69, 9.17) is 11.6 Å². The standard InChI is InChI=1S/C14H19ClFN3O/c1-2-18-5-7-19(8-6-18)14(20)17-10-11-3-4-13(16)12(15)9-11/h3-4,9H,2,5-8,10H2,1H3,(H,17,20). The maximum absolute atomic E-state index is 13.0. The summed E-state index contributed by atoms with van der Waals surface area (Å²) < 4.78 is 13.0. The Morgan fingerprint density at radius 1 is 1.35 bits per heavy atom. The largest absolute Gasteiger partial charge is 0.334 e. The van der Waals surface area contributed by atoms with Crippen LogP contribution >= 0.6 is 11.6 Å². The van der Waals surface area contributed by atoms with E-state index in [-0.39, 0.29) is 11.1 Å². The second-order valence-electron chi connectivity index (χ2n) is 4.83. The number of nitrogens with one attached hydrogen (secondary N) is 1. The molecule has 1 aliphatic rings. The van der Waals surface area contributed by atoms with Gasteiger partial charge in [-0.05, 0) is 24.2 Å². The molecule has 1 aromatic rings. The lowest BCUT2D eigenvalue weighted by Crippen LogP contribution is -2.51. The van der Waals surface area contributed by atoms with Crippen molar-refractivity contribution in [3.63, 3.8) is 0 Å². The van der Waals surface area contributed by atoms with Gasteiger partial charge >= 0.3 is 6.03 Å². The number of carbonyl (C=O) groups excluding carboxylic acids is 1. The van der Waals surface area contributed by atoms with Crippen LogP contribution in [-0.2, 0) is 6.54 Å². The molecule has 1 heterocycles. The molecule has 1 fully saturated rings. The lowest BCUT2D eigenvalue weighted by Gasteiger charge is -2.34. The lowest BCUT2D eigenvalue weighted by atomic mass is 10.2. The van der Waals surface area contributed by atoms with Gasteiger partial charge in [0.2, 0.25) is 0 Å². The molecule has 0 saturated carbocycles. The first-order chi connectivity index (χ1) is 9.60. The van der Waals surface area contributed by atoms with E-state index in [0.717, 1.165) is 38.3 Å². The highest BCUT2D eigenvalue weighted by Gasteiger charge is 2.19. The van der Waals surface area contributed by atoms with E-state index in [0.29, 0.717) is 6.54 Å². The molecule has 0 bridgehead atoms. The second-order valence-corrected chi connectivity index (χ2v) is 5.24. The third-order valence-electron chi connectivity index (χ3n) is 3.53. The van der Waals surface area contributed by atoms with Crippen LogP contribution in [-0.4, -0.2) is 48.6 Å². The normalized spacial score (nSPS) is 16.2. The van der Waals surface area contributed by atoms with Crippen LogP contribution in [0.15, 0.2) is 18.2 Å². The fourth-order valence-corrected chi connectivity index (χ4v) is 2.41. The average Bonchev–Trinajstić information content (AvgIpc) is 2.48. The molecule has 0 radical (unpaired) electrons. The molecule has 1 aliphatic heterocycles. The van der Waals surface area contributed by atoms with Crippen LogP contribution in [0.25, 0.3) is 0 Å². The first-order valence-corrected chi connectivity index (χ1v) is 7.17. The van der Waals surface area contributed by atoms with Gasteiger partial charge in [-0.3, -0.25) is 0 Å². The molecule has 4 nitrogen and oxygen atoms in total. The number of urea groups is 1. The second kappa shape index (κ2) is 6.90. The van der Waals surface area contributed by atoms with Gasteiger partial charge in [0.15, 0.2) is 0 Å². The van der Waals surface area contributed by atoms with Crippen molar-refractivity contribution in [3.8, 4) is 0 Å². The van der Waals surface area contributed by atoms with Crippen LogP contribution in [0.1, 0.15) is 12.5 Å². The molecule has 0 unspecified atom stereocenters. The van der Waals surface area contributed by atoms with E-state index in [2.05, 4.69) is 17.1 Å². The number of hydrogen-bond acceptors (Lipinski definition) is 2. The SMILES string of the molecule is CCN1CCN(C(=O)NCc2ccc(F)c(Cl)c2)CC1. The van der Waals surface area contributed by atoms with Crippen LogP contribution in [0.3, 0.4) is 0 Å². The lowest BCUT2D eigenvalue weighted by molar-refractivity contribution is 0.142. The number of likely N-dealkylation sites (N-methyl/N-ethyl adjacent to an activating group) is 1. The highest BCUT2D eigenvalue weighted by atomic mass is 35.5. The van der Waals surface area contributed by atoms with Crippen molar-refractivity contribution in [2.75, 3.05) is 32.7 Å². The molecule has 20 heavy (non-hydrogen) atoms.